The van der Waals surface area contributed by atoms with Crippen molar-refractivity contribution >= 4 is 5.78 Å². The number of carbonyl (C=O) groups is 1. The van der Waals surface area contributed by atoms with Crippen LogP contribution in [0.4, 0.5) is 0 Å². The van der Waals surface area contributed by atoms with Crippen molar-refractivity contribution in [3.8, 4) is 0 Å². The monoisotopic (exact) mass is 191 g/mol. The zero-order valence-electron chi connectivity index (χ0n) is 9.00. The molecule has 2 N–H and O–H groups in total. The van der Waals surface area contributed by atoms with Crippen LogP contribution in [0.25, 0.3) is 0 Å². The Morgan fingerprint density at radius 3 is 2.36 bits per heavy atom. The van der Waals surface area contributed by atoms with E-state index in [1.807, 2.05) is 24.3 Å². The molecule has 0 aromatic heterocycles. The zero-order valence-corrected chi connectivity index (χ0v) is 9.00. The maximum Gasteiger partial charge on any atom is 0.176 e. The third-order valence-corrected chi connectivity index (χ3v) is 2.22. The van der Waals surface area contributed by atoms with E-state index >= 15 is 0 Å². The SMILES string of the molecule is CC(C)(C)c1ccccc1C(=O)CN. The molecule has 0 aliphatic heterocycles. The van der Waals surface area contributed by atoms with Crippen LogP contribution in [0.3, 0.4) is 0 Å². The van der Waals surface area contributed by atoms with E-state index in [4.69, 9.17) is 5.73 Å². The Kier molecular flexibility index (Phi) is 3.06. The van der Waals surface area contributed by atoms with E-state index in [1.165, 1.54) is 0 Å². The molecular weight excluding hydrogens is 174 g/mol. The summed E-state index contributed by atoms with van der Waals surface area (Å²) < 4.78 is 0. The minimum atomic E-state index is -0.0125. The van der Waals surface area contributed by atoms with Crippen molar-refractivity contribution in [3.63, 3.8) is 0 Å². The summed E-state index contributed by atoms with van der Waals surface area (Å²) >= 11 is 0. The Bertz CT molecular complexity index is 336. The minimum absolute atomic E-state index is 0.00975. The first-order valence-electron chi connectivity index (χ1n) is 4.79. The van der Waals surface area contributed by atoms with E-state index in [9.17, 15) is 4.79 Å². The predicted octanol–water partition coefficient (Wildman–Crippen LogP) is 2.13. The van der Waals surface area contributed by atoms with Gasteiger partial charge in [0, 0.05) is 5.56 Å². The highest BCUT2D eigenvalue weighted by molar-refractivity contribution is 5.99. The largest absolute Gasteiger partial charge is 0.324 e. The molecule has 0 amide bonds. The molecule has 1 aromatic carbocycles. The molecule has 0 heterocycles. The summed E-state index contributed by atoms with van der Waals surface area (Å²) in [5.41, 5.74) is 7.17. The van der Waals surface area contributed by atoms with Crippen LogP contribution in [0.15, 0.2) is 24.3 Å². The number of rotatable bonds is 2. The molecular formula is C12H17NO. The van der Waals surface area contributed by atoms with Crippen molar-refractivity contribution in [3.05, 3.63) is 35.4 Å². The normalized spacial score (nSPS) is 11.4. The van der Waals surface area contributed by atoms with E-state index < -0.39 is 0 Å². The molecule has 0 radical (unpaired) electrons. The fourth-order valence-corrected chi connectivity index (χ4v) is 1.49. The Balaban J connectivity index is 3.23. The Hall–Kier alpha value is -1.15. The second-order valence-corrected chi connectivity index (χ2v) is 4.42. The van der Waals surface area contributed by atoms with Crippen LogP contribution in [-0.4, -0.2) is 12.3 Å². The van der Waals surface area contributed by atoms with Gasteiger partial charge in [0.1, 0.15) is 0 Å². The number of carbonyl (C=O) groups excluding carboxylic acids is 1. The fourth-order valence-electron chi connectivity index (χ4n) is 1.49. The molecule has 0 fully saturated rings. The molecule has 0 aliphatic rings. The third kappa shape index (κ3) is 2.20. The molecule has 0 unspecified atom stereocenters. The van der Waals surface area contributed by atoms with Crippen LogP contribution < -0.4 is 5.73 Å². The third-order valence-electron chi connectivity index (χ3n) is 2.22. The highest BCUT2D eigenvalue weighted by atomic mass is 16.1. The lowest BCUT2D eigenvalue weighted by Gasteiger charge is -2.21. The molecule has 1 aromatic rings. The summed E-state index contributed by atoms with van der Waals surface area (Å²) in [5.74, 6) is 0.00975. The van der Waals surface area contributed by atoms with Gasteiger partial charge in [0.05, 0.1) is 6.54 Å². The number of ketones is 1. The summed E-state index contributed by atoms with van der Waals surface area (Å²) in [4.78, 5) is 11.6. The average molecular weight is 191 g/mol. The molecule has 0 saturated carbocycles. The predicted molar refractivity (Wildman–Crippen MR) is 58.5 cm³/mol. The molecule has 0 bridgehead atoms. The van der Waals surface area contributed by atoms with E-state index in [-0.39, 0.29) is 17.7 Å². The van der Waals surface area contributed by atoms with Gasteiger partial charge in [-0.2, -0.15) is 0 Å². The van der Waals surface area contributed by atoms with Gasteiger partial charge in [0.2, 0.25) is 0 Å². The van der Waals surface area contributed by atoms with Crippen LogP contribution in [0, 0.1) is 0 Å². The number of nitrogens with two attached hydrogens (primary N) is 1. The highest BCUT2D eigenvalue weighted by Gasteiger charge is 2.19. The van der Waals surface area contributed by atoms with Crippen molar-refractivity contribution in [1.29, 1.82) is 0 Å². The average Bonchev–Trinajstić information content (AvgIpc) is 2.15. The highest BCUT2D eigenvalue weighted by Crippen LogP contribution is 2.25. The van der Waals surface area contributed by atoms with Crippen LogP contribution in [0.5, 0.6) is 0 Å². The minimum Gasteiger partial charge on any atom is -0.324 e. The Morgan fingerprint density at radius 1 is 1.29 bits per heavy atom. The van der Waals surface area contributed by atoms with E-state index in [0.29, 0.717) is 0 Å². The topological polar surface area (TPSA) is 43.1 Å². The first-order chi connectivity index (χ1) is 6.46. The molecule has 0 atom stereocenters. The van der Waals surface area contributed by atoms with Crippen molar-refractivity contribution in [2.75, 3.05) is 6.54 Å². The Labute approximate surface area is 85.1 Å². The van der Waals surface area contributed by atoms with Crippen molar-refractivity contribution in [1.82, 2.24) is 0 Å². The van der Waals surface area contributed by atoms with E-state index in [0.717, 1.165) is 11.1 Å². The van der Waals surface area contributed by atoms with Crippen molar-refractivity contribution in [2.45, 2.75) is 26.2 Å². The lowest BCUT2D eigenvalue weighted by Crippen LogP contribution is -2.21. The molecule has 0 aliphatic carbocycles. The molecule has 0 spiro atoms. The summed E-state index contributed by atoms with van der Waals surface area (Å²) in [5, 5.41) is 0. The van der Waals surface area contributed by atoms with Crippen LogP contribution in [0.1, 0.15) is 36.7 Å². The first kappa shape index (κ1) is 10.9. The van der Waals surface area contributed by atoms with Crippen molar-refractivity contribution < 1.29 is 4.79 Å². The molecule has 76 valence electrons. The van der Waals surface area contributed by atoms with E-state index in [2.05, 4.69) is 20.8 Å². The lowest BCUT2D eigenvalue weighted by atomic mass is 9.83. The van der Waals surface area contributed by atoms with Gasteiger partial charge < -0.3 is 5.73 Å². The number of Topliss-reactive ketones (excluding diaryl/α,β-unsaturated/α-hetero) is 1. The second kappa shape index (κ2) is 3.93. The van der Waals surface area contributed by atoms with Crippen LogP contribution >= 0.6 is 0 Å². The van der Waals surface area contributed by atoms with Gasteiger partial charge in [-0.25, -0.2) is 0 Å². The quantitative estimate of drug-likeness (QED) is 0.728. The van der Waals surface area contributed by atoms with Crippen LogP contribution in [-0.2, 0) is 5.41 Å². The smallest absolute Gasteiger partial charge is 0.176 e. The maximum absolute atomic E-state index is 11.6. The van der Waals surface area contributed by atoms with Gasteiger partial charge >= 0.3 is 0 Å². The van der Waals surface area contributed by atoms with Gasteiger partial charge in [0.25, 0.3) is 0 Å². The van der Waals surface area contributed by atoms with Gasteiger partial charge in [0.15, 0.2) is 5.78 Å². The first-order valence-corrected chi connectivity index (χ1v) is 4.79. The summed E-state index contributed by atoms with van der Waals surface area (Å²) in [6, 6.07) is 7.66. The van der Waals surface area contributed by atoms with Gasteiger partial charge in [-0.05, 0) is 11.0 Å². The standard InChI is InChI=1S/C12H17NO/c1-12(2,3)10-7-5-4-6-9(10)11(14)8-13/h4-7H,8,13H2,1-3H3. The fraction of sp³-hybridized carbons (Fsp3) is 0.417. The zero-order chi connectivity index (χ0) is 10.8. The molecule has 1 rings (SSSR count). The second-order valence-electron chi connectivity index (χ2n) is 4.42. The maximum atomic E-state index is 11.6. The van der Waals surface area contributed by atoms with Gasteiger partial charge in [-0.3, -0.25) is 4.79 Å². The summed E-state index contributed by atoms with van der Waals surface area (Å²) in [6.07, 6.45) is 0. The lowest BCUT2D eigenvalue weighted by molar-refractivity contribution is 0.0999. The van der Waals surface area contributed by atoms with Crippen molar-refractivity contribution in [2.24, 2.45) is 5.73 Å². The van der Waals surface area contributed by atoms with E-state index in [1.54, 1.807) is 0 Å². The molecule has 14 heavy (non-hydrogen) atoms. The summed E-state index contributed by atoms with van der Waals surface area (Å²) in [6.45, 7) is 6.36. The molecule has 0 saturated heterocycles. The summed E-state index contributed by atoms with van der Waals surface area (Å²) in [7, 11) is 0. The number of benzene rings is 1. The molecule has 2 nitrogen and oxygen atoms in total. The number of hydrogen-bond donors (Lipinski definition) is 1. The van der Waals surface area contributed by atoms with Gasteiger partial charge in [-0.15, -0.1) is 0 Å². The number of hydrogen-bond acceptors (Lipinski definition) is 2. The van der Waals surface area contributed by atoms with Crippen LogP contribution in [0.2, 0.25) is 0 Å². The Morgan fingerprint density at radius 2 is 1.86 bits per heavy atom. The molecule has 2 heteroatoms. The van der Waals surface area contributed by atoms with Gasteiger partial charge in [-0.1, -0.05) is 45.0 Å².